The molecule has 0 aliphatic rings. The molecule has 0 bridgehead atoms. The van der Waals surface area contributed by atoms with Crippen LogP contribution in [-0.4, -0.2) is 8.42 Å². The van der Waals surface area contributed by atoms with Crippen LogP contribution in [0.3, 0.4) is 0 Å². The van der Waals surface area contributed by atoms with Gasteiger partial charge in [0.1, 0.15) is 5.82 Å². The van der Waals surface area contributed by atoms with Gasteiger partial charge in [0, 0.05) is 10.0 Å². The fourth-order valence-electron chi connectivity index (χ4n) is 1.43. The number of para-hydroxylation sites is 1. The Hall–Kier alpha value is -1.30. The standard InChI is InChI=1S/C12H8Cl2FNO2S/c13-8-5-9(14)7-10(6-8)19(17,18)16-12-4-2-1-3-11(12)15/h1-7,16H. The first-order valence-electron chi connectivity index (χ1n) is 5.12. The SMILES string of the molecule is O=S(=O)(Nc1ccccc1F)c1cc(Cl)cc(Cl)c1. The number of hydrogen-bond acceptors (Lipinski definition) is 2. The molecule has 0 unspecified atom stereocenters. The van der Waals surface area contributed by atoms with Gasteiger partial charge in [0.2, 0.25) is 0 Å². The topological polar surface area (TPSA) is 46.2 Å². The van der Waals surface area contributed by atoms with Crippen LogP contribution in [0, 0.1) is 5.82 Å². The van der Waals surface area contributed by atoms with Crippen LogP contribution in [0.4, 0.5) is 10.1 Å². The van der Waals surface area contributed by atoms with Crippen LogP contribution >= 0.6 is 23.2 Å². The summed E-state index contributed by atoms with van der Waals surface area (Å²) in [6.07, 6.45) is 0. The lowest BCUT2D eigenvalue weighted by atomic mass is 10.3. The Morgan fingerprint density at radius 2 is 1.58 bits per heavy atom. The Morgan fingerprint density at radius 1 is 1.00 bits per heavy atom. The number of nitrogens with one attached hydrogen (secondary N) is 1. The number of halogens is 3. The normalized spacial score (nSPS) is 11.3. The molecule has 3 nitrogen and oxygen atoms in total. The second-order valence-corrected chi connectivity index (χ2v) is 6.25. The molecule has 0 saturated carbocycles. The Labute approximate surface area is 120 Å². The van der Waals surface area contributed by atoms with Crippen molar-refractivity contribution in [2.75, 3.05) is 4.72 Å². The van der Waals surface area contributed by atoms with Gasteiger partial charge >= 0.3 is 0 Å². The van der Waals surface area contributed by atoms with Crippen molar-refractivity contribution >= 4 is 38.9 Å². The third-order valence-electron chi connectivity index (χ3n) is 2.26. The van der Waals surface area contributed by atoms with E-state index < -0.39 is 15.8 Å². The third kappa shape index (κ3) is 3.37. The van der Waals surface area contributed by atoms with Crippen molar-refractivity contribution in [2.45, 2.75) is 4.90 Å². The summed E-state index contributed by atoms with van der Waals surface area (Å²) in [6.45, 7) is 0. The molecule has 0 amide bonds. The zero-order valence-corrected chi connectivity index (χ0v) is 11.7. The van der Waals surface area contributed by atoms with E-state index in [-0.39, 0.29) is 20.6 Å². The molecule has 2 aromatic carbocycles. The highest BCUT2D eigenvalue weighted by Crippen LogP contribution is 2.24. The Bertz CT molecular complexity index is 699. The fraction of sp³-hybridized carbons (Fsp3) is 0. The van der Waals surface area contributed by atoms with Crippen molar-refractivity contribution in [1.82, 2.24) is 0 Å². The molecule has 0 fully saturated rings. The number of benzene rings is 2. The molecule has 0 aromatic heterocycles. The highest BCUT2D eigenvalue weighted by Gasteiger charge is 2.17. The average Bonchev–Trinajstić information content (AvgIpc) is 2.31. The molecule has 2 rings (SSSR count). The molecule has 0 aliphatic carbocycles. The number of hydrogen-bond donors (Lipinski definition) is 1. The van der Waals surface area contributed by atoms with E-state index in [0.717, 1.165) is 6.07 Å². The number of rotatable bonds is 3. The molecule has 2 aromatic rings. The lowest BCUT2D eigenvalue weighted by molar-refractivity contribution is 0.598. The van der Waals surface area contributed by atoms with Crippen molar-refractivity contribution in [1.29, 1.82) is 0 Å². The van der Waals surface area contributed by atoms with Crippen LogP contribution in [0.25, 0.3) is 0 Å². The van der Waals surface area contributed by atoms with Gasteiger partial charge in [-0.2, -0.15) is 0 Å². The van der Waals surface area contributed by atoms with Gasteiger partial charge in [0.25, 0.3) is 10.0 Å². The molecule has 19 heavy (non-hydrogen) atoms. The molecule has 0 radical (unpaired) electrons. The van der Waals surface area contributed by atoms with E-state index >= 15 is 0 Å². The summed E-state index contributed by atoms with van der Waals surface area (Å²) in [7, 11) is -3.94. The van der Waals surface area contributed by atoms with E-state index in [0.29, 0.717) is 0 Å². The van der Waals surface area contributed by atoms with Crippen LogP contribution in [-0.2, 0) is 10.0 Å². The van der Waals surface area contributed by atoms with Crippen molar-refractivity contribution < 1.29 is 12.8 Å². The highest BCUT2D eigenvalue weighted by atomic mass is 35.5. The smallest absolute Gasteiger partial charge is 0.262 e. The minimum Gasteiger partial charge on any atom is -0.277 e. The van der Waals surface area contributed by atoms with Gasteiger partial charge in [-0.05, 0) is 30.3 Å². The maximum Gasteiger partial charge on any atom is 0.262 e. The largest absolute Gasteiger partial charge is 0.277 e. The fourth-order valence-corrected chi connectivity index (χ4v) is 3.22. The molecular weight excluding hydrogens is 312 g/mol. The van der Waals surface area contributed by atoms with Crippen LogP contribution < -0.4 is 4.72 Å². The summed E-state index contributed by atoms with van der Waals surface area (Å²) in [6, 6.07) is 9.33. The molecule has 1 N–H and O–H groups in total. The first kappa shape index (κ1) is 14.1. The predicted molar refractivity (Wildman–Crippen MR) is 73.7 cm³/mol. The molecule has 7 heteroatoms. The molecule has 0 saturated heterocycles. The van der Waals surface area contributed by atoms with Crippen LogP contribution in [0.15, 0.2) is 47.4 Å². The molecule has 0 atom stereocenters. The number of sulfonamides is 1. The second kappa shape index (κ2) is 5.36. The summed E-state index contributed by atoms with van der Waals surface area (Å²) < 4.78 is 39.7. The lowest BCUT2D eigenvalue weighted by Crippen LogP contribution is -2.13. The molecular formula is C12H8Cl2FNO2S. The molecule has 0 aliphatic heterocycles. The van der Waals surface area contributed by atoms with E-state index in [1.54, 1.807) is 0 Å². The minimum atomic E-state index is -3.94. The first-order chi connectivity index (χ1) is 8.88. The molecule has 0 heterocycles. The lowest BCUT2D eigenvalue weighted by Gasteiger charge is -2.09. The summed E-state index contributed by atoms with van der Waals surface area (Å²) in [5, 5.41) is 0.364. The van der Waals surface area contributed by atoms with Gasteiger partial charge in [0.15, 0.2) is 0 Å². The van der Waals surface area contributed by atoms with Crippen molar-refractivity contribution in [3.05, 3.63) is 58.3 Å². The van der Waals surface area contributed by atoms with E-state index in [2.05, 4.69) is 4.72 Å². The van der Waals surface area contributed by atoms with Crippen molar-refractivity contribution in [2.24, 2.45) is 0 Å². The monoisotopic (exact) mass is 319 g/mol. The highest BCUT2D eigenvalue weighted by molar-refractivity contribution is 7.92. The van der Waals surface area contributed by atoms with Crippen LogP contribution in [0.1, 0.15) is 0 Å². The zero-order valence-electron chi connectivity index (χ0n) is 9.40. The van der Waals surface area contributed by atoms with E-state index in [9.17, 15) is 12.8 Å². The van der Waals surface area contributed by atoms with Crippen LogP contribution in [0.5, 0.6) is 0 Å². The quantitative estimate of drug-likeness (QED) is 0.931. The van der Waals surface area contributed by atoms with Gasteiger partial charge in [-0.1, -0.05) is 35.3 Å². The third-order valence-corrected chi connectivity index (χ3v) is 4.05. The van der Waals surface area contributed by atoms with Crippen molar-refractivity contribution in [3.8, 4) is 0 Å². The summed E-state index contributed by atoms with van der Waals surface area (Å²) in [5.74, 6) is -0.667. The summed E-state index contributed by atoms with van der Waals surface area (Å²) in [5.41, 5.74) is -0.140. The minimum absolute atomic E-state index is 0.131. The Morgan fingerprint density at radius 3 is 2.16 bits per heavy atom. The zero-order chi connectivity index (χ0) is 14.0. The number of anilines is 1. The van der Waals surface area contributed by atoms with Gasteiger partial charge in [-0.3, -0.25) is 4.72 Å². The average molecular weight is 320 g/mol. The molecule has 100 valence electrons. The Balaban J connectivity index is 2.41. The van der Waals surface area contributed by atoms with Crippen LogP contribution in [0.2, 0.25) is 10.0 Å². The molecule has 0 spiro atoms. The van der Waals surface area contributed by atoms with Gasteiger partial charge in [-0.15, -0.1) is 0 Å². The maximum atomic E-state index is 13.4. The van der Waals surface area contributed by atoms with E-state index in [4.69, 9.17) is 23.2 Å². The predicted octanol–water partition coefficient (Wildman–Crippen LogP) is 3.93. The Kier molecular flexibility index (Phi) is 3.99. The van der Waals surface area contributed by atoms with Gasteiger partial charge in [-0.25, -0.2) is 12.8 Å². The van der Waals surface area contributed by atoms with Gasteiger partial charge in [0.05, 0.1) is 10.6 Å². The van der Waals surface area contributed by atoms with E-state index in [1.807, 2.05) is 0 Å². The van der Waals surface area contributed by atoms with Crippen molar-refractivity contribution in [3.63, 3.8) is 0 Å². The van der Waals surface area contributed by atoms with Gasteiger partial charge < -0.3 is 0 Å². The maximum absolute atomic E-state index is 13.4. The first-order valence-corrected chi connectivity index (χ1v) is 7.36. The summed E-state index contributed by atoms with van der Waals surface area (Å²) in [4.78, 5) is -0.131. The second-order valence-electron chi connectivity index (χ2n) is 3.69. The summed E-state index contributed by atoms with van der Waals surface area (Å²) >= 11 is 11.5. The van der Waals surface area contributed by atoms with E-state index in [1.165, 1.54) is 36.4 Å².